The summed E-state index contributed by atoms with van der Waals surface area (Å²) < 4.78 is 13.6. The molecule has 2 rings (SSSR count). The molecule has 0 bridgehead atoms. The molecule has 1 heterocycles. The summed E-state index contributed by atoms with van der Waals surface area (Å²) in [5.41, 5.74) is -0.302. The van der Waals surface area contributed by atoms with E-state index >= 15 is 0 Å². The molecule has 2 N–H and O–H groups in total. The Morgan fingerprint density at radius 2 is 1.89 bits per heavy atom. The fourth-order valence-corrected chi connectivity index (χ4v) is 3.74. The number of nitrogens with one attached hydrogen (secondary N) is 2. The first-order valence-corrected chi connectivity index (χ1v) is 9.48. The van der Waals surface area contributed by atoms with Gasteiger partial charge in [0.05, 0.1) is 17.6 Å². The number of carbonyl (C=O) groups is 2. The summed E-state index contributed by atoms with van der Waals surface area (Å²) in [6.07, 6.45) is 0. The number of aliphatic imine (C=N–C) groups is 1. The molecule has 0 saturated carbocycles. The molecule has 2 amide bonds. The van der Waals surface area contributed by atoms with Crippen LogP contribution in [0.4, 0.5) is 4.39 Å². The second-order valence-electron chi connectivity index (χ2n) is 7.74. The molecule has 1 aliphatic heterocycles. The standard InChI is InChI=1S/C20H30FN5O2/c1-14(2)26-17(27)12-25(13-20(26,3)4)19(22-5)24-11-10-23-18(28)15-8-6-7-9-16(15)21/h6-9,14H,10-13H2,1-5H3,(H,22,24)(H,23,28). The summed E-state index contributed by atoms with van der Waals surface area (Å²) in [5.74, 6) is -0.351. The Hall–Kier alpha value is -2.64. The Kier molecular flexibility index (Phi) is 6.99. The predicted octanol–water partition coefficient (Wildman–Crippen LogP) is 1.46. The number of hydrogen-bond donors (Lipinski definition) is 2. The van der Waals surface area contributed by atoms with Gasteiger partial charge in [-0.05, 0) is 39.8 Å². The van der Waals surface area contributed by atoms with Gasteiger partial charge in [0.1, 0.15) is 5.82 Å². The average Bonchev–Trinajstić information content (AvgIpc) is 2.60. The maximum Gasteiger partial charge on any atom is 0.254 e. The highest BCUT2D eigenvalue weighted by Crippen LogP contribution is 2.24. The molecule has 7 nitrogen and oxygen atoms in total. The third kappa shape index (κ3) is 4.99. The summed E-state index contributed by atoms with van der Waals surface area (Å²) in [7, 11) is 1.66. The minimum atomic E-state index is -0.549. The number of amides is 2. The molecular formula is C20H30FN5O2. The Bertz CT molecular complexity index is 748. The van der Waals surface area contributed by atoms with Gasteiger partial charge in [0, 0.05) is 32.7 Å². The normalized spacial score (nSPS) is 17.1. The Morgan fingerprint density at radius 1 is 1.25 bits per heavy atom. The van der Waals surface area contributed by atoms with Gasteiger partial charge in [0.15, 0.2) is 5.96 Å². The number of rotatable bonds is 5. The SMILES string of the molecule is CN=C(NCCNC(=O)c1ccccc1F)N1CC(=O)N(C(C)C)C(C)(C)C1. The van der Waals surface area contributed by atoms with Gasteiger partial charge < -0.3 is 20.4 Å². The van der Waals surface area contributed by atoms with Gasteiger partial charge in [-0.15, -0.1) is 0 Å². The van der Waals surface area contributed by atoms with E-state index in [-0.39, 0.29) is 29.6 Å². The number of nitrogens with zero attached hydrogens (tertiary/aromatic N) is 3. The van der Waals surface area contributed by atoms with Gasteiger partial charge >= 0.3 is 0 Å². The largest absolute Gasteiger partial charge is 0.354 e. The van der Waals surface area contributed by atoms with Crippen molar-refractivity contribution in [2.75, 3.05) is 33.2 Å². The first kappa shape index (κ1) is 21.7. The van der Waals surface area contributed by atoms with Crippen molar-refractivity contribution >= 4 is 17.8 Å². The summed E-state index contributed by atoms with van der Waals surface area (Å²) >= 11 is 0. The van der Waals surface area contributed by atoms with Crippen molar-refractivity contribution in [1.29, 1.82) is 0 Å². The van der Waals surface area contributed by atoms with E-state index in [1.165, 1.54) is 12.1 Å². The lowest BCUT2D eigenvalue weighted by molar-refractivity contribution is -0.145. The number of guanidine groups is 1. The minimum Gasteiger partial charge on any atom is -0.354 e. The van der Waals surface area contributed by atoms with Crippen LogP contribution in [0.2, 0.25) is 0 Å². The average molecular weight is 391 g/mol. The van der Waals surface area contributed by atoms with E-state index in [0.29, 0.717) is 25.6 Å². The van der Waals surface area contributed by atoms with Crippen molar-refractivity contribution in [2.24, 2.45) is 4.99 Å². The molecule has 1 fully saturated rings. The molecular weight excluding hydrogens is 361 g/mol. The smallest absolute Gasteiger partial charge is 0.254 e. The lowest BCUT2D eigenvalue weighted by Crippen LogP contribution is -2.66. The first-order valence-electron chi connectivity index (χ1n) is 9.48. The molecule has 1 aliphatic rings. The maximum absolute atomic E-state index is 13.6. The van der Waals surface area contributed by atoms with E-state index in [2.05, 4.69) is 15.6 Å². The third-order valence-electron chi connectivity index (χ3n) is 4.66. The molecule has 1 aromatic carbocycles. The lowest BCUT2D eigenvalue weighted by atomic mass is 9.96. The van der Waals surface area contributed by atoms with E-state index in [1.807, 2.05) is 37.5 Å². The van der Waals surface area contributed by atoms with Crippen LogP contribution in [0.5, 0.6) is 0 Å². The molecule has 0 radical (unpaired) electrons. The van der Waals surface area contributed by atoms with Crippen LogP contribution in [0.3, 0.4) is 0 Å². The van der Waals surface area contributed by atoms with Crippen LogP contribution in [0, 0.1) is 5.82 Å². The monoisotopic (exact) mass is 391 g/mol. The Labute approximate surface area is 166 Å². The van der Waals surface area contributed by atoms with Crippen molar-refractivity contribution in [2.45, 2.75) is 39.3 Å². The van der Waals surface area contributed by atoms with Gasteiger partial charge in [0.25, 0.3) is 5.91 Å². The molecule has 1 aromatic rings. The summed E-state index contributed by atoms with van der Waals surface area (Å²) in [6, 6.07) is 5.99. The van der Waals surface area contributed by atoms with Crippen molar-refractivity contribution in [3.8, 4) is 0 Å². The first-order chi connectivity index (χ1) is 13.2. The van der Waals surface area contributed by atoms with E-state index in [0.717, 1.165) is 0 Å². The number of benzene rings is 1. The molecule has 0 spiro atoms. The topological polar surface area (TPSA) is 77.0 Å². The molecule has 154 valence electrons. The maximum atomic E-state index is 13.6. The Morgan fingerprint density at radius 3 is 2.46 bits per heavy atom. The van der Waals surface area contributed by atoms with Crippen LogP contribution < -0.4 is 10.6 Å². The van der Waals surface area contributed by atoms with Crippen LogP contribution in [-0.2, 0) is 4.79 Å². The van der Waals surface area contributed by atoms with Crippen molar-refractivity contribution in [3.63, 3.8) is 0 Å². The number of hydrogen-bond acceptors (Lipinski definition) is 3. The fraction of sp³-hybridized carbons (Fsp3) is 0.550. The summed E-state index contributed by atoms with van der Waals surface area (Å²) in [4.78, 5) is 32.7. The van der Waals surface area contributed by atoms with Crippen LogP contribution >= 0.6 is 0 Å². The van der Waals surface area contributed by atoms with E-state index < -0.39 is 11.7 Å². The zero-order valence-electron chi connectivity index (χ0n) is 17.3. The minimum absolute atomic E-state index is 0.0176. The highest BCUT2D eigenvalue weighted by molar-refractivity contribution is 5.94. The van der Waals surface area contributed by atoms with Crippen LogP contribution in [0.15, 0.2) is 29.3 Å². The lowest BCUT2D eigenvalue weighted by Gasteiger charge is -2.49. The van der Waals surface area contributed by atoms with Gasteiger partial charge in [-0.2, -0.15) is 0 Å². The van der Waals surface area contributed by atoms with Crippen molar-refractivity contribution in [3.05, 3.63) is 35.6 Å². The summed E-state index contributed by atoms with van der Waals surface area (Å²) in [6.45, 7) is 9.72. The van der Waals surface area contributed by atoms with E-state index in [1.54, 1.807) is 19.2 Å². The van der Waals surface area contributed by atoms with Crippen molar-refractivity contribution in [1.82, 2.24) is 20.4 Å². The zero-order chi connectivity index (χ0) is 20.9. The van der Waals surface area contributed by atoms with Crippen LogP contribution in [-0.4, -0.2) is 72.4 Å². The number of piperazine rings is 1. The Balaban J connectivity index is 1.89. The molecule has 0 aromatic heterocycles. The van der Waals surface area contributed by atoms with Crippen LogP contribution in [0.1, 0.15) is 38.1 Å². The van der Waals surface area contributed by atoms with E-state index in [4.69, 9.17) is 0 Å². The number of halogens is 1. The predicted molar refractivity (Wildman–Crippen MR) is 108 cm³/mol. The molecule has 8 heteroatoms. The molecule has 0 atom stereocenters. The summed E-state index contributed by atoms with van der Waals surface area (Å²) in [5, 5.41) is 5.84. The number of carbonyl (C=O) groups excluding carboxylic acids is 2. The van der Waals surface area contributed by atoms with Gasteiger partial charge in [-0.25, -0.2) is 4.39 Å². The highest BCUT2D eigenvalue weighted by atomic mass is 19.1. The molecule has 1 saturated heterocycles. The molecule has 28 heavy (non-hydrogen) atoms. The highest BCUT2D eigenvalue weighted by Gasteiger charge is 2.40. The third-order valence-corrected chi connectivity index (χ3v) is 4.66. The van der Waals surface area contributed by atoms with E-state index in [9.17, 15) is 14.0 Å². The van der Waals surface area contributed by atoms with Gasteiger partial charge in [-0.1, -0.05) is 12.1 Å². The second kappa shape index (κ2) is 9.03. The van der Waals surface area contributed by atoms with Gasteiger partial charge in [-0.3, -0.25) is 14.6 Å². The quantitative estimate of drug-likeness (QED) is 0.453. The van der Waals surface area contributed by atoms with Crippen LogP contribution in [0.25, 0.3) is 0 Å². The zero-order valence-corrected chi connectivity index (χ0v) is 17.3. The van der Waals surface area contributed by atoms with Crippen molar-refractivity contribution < 1.29 is 14.0 Å². The second-order valence-corrected chi connectivity index (χ2v) is 7.74. The fourth-order valence-electron chi connectivity index (χ4n) is 3.74. The molecule has 0 unspecified atom stereocenters. The molecule has 0 aliphatic carbocycles. The van der Waals surface area contributed by atoms with Gasteiger partial charge in [0.2, 0.25) is 5.91 Å².